The van der Waals surface area contributed by atoms with Gasteiger partial charge in [-0.15, -0.1) is 0 Å². The Labute approximate surface area is 157 Å². The van der Waals surface area contributed by atoms with Gasteiger partial charge in [0.2, 0.25) is 5.91 Å². The van der Waals surface area contributed by atoms with Gasteiger partial charge < -0.3 is 9.72 Å². The lowest BCUT2D eigenvalue weighted by Crippen LogP contribution is -2.16. The fourth-order valence-corrected chi connectivity index (χ4v) is 3.61. The lowest BCUT2D eigenvalue weighted by Gasteiger charge is -2.04. The van der Waals surface area contributed by atoms with Crippen LogP contribution in [0.1, 0.15) is 20.3 Å². The second-order valence-corrected chi connectivity index (χ2v) is 7.95. The predicted octanol–water partition coefficient (Wildman–Crippen LogP) is 4.53. The third-order valence-corrected chi connectivity index (χ3v) is 5.47. The minimum atomic E-state index is 0.0608. The Balaban J connectivity index is 1.45. The quantitative estimate of drug-likeness (QED) is 0.586. The first-order valence-electron chi connectivity index (χ1n) is 9.14. The largest absolute Gasteiger partial charge is 0.309 e. The van der Waals surface area contributed by atoms with Crippen LogP contribution in [0.3, 0.4) is 0 Å². The number of imidazole rings is 1. The van der Waals surface area contributed by atoms with Crippen LogP contribution in [0.2, 0.25) is 0 Å². The molecule has 1 aliphatic rings. The van der Waals surface area contributed by atoms with Gasteiger partial charge in [-0.05, 0) is 53.3 Å². The van der Waals surface area contributed by atoms with Crippen molar-refractivity contribution in [3.8, 4) is 11.1 Å². The van der Waals surface area contributed by atoms with Gasteiger partial charge in [-0.2, -0.15) is 0 Å². The van der Waals surface area contributed by atoms with Gasteiger partial charge in [0.25, 0.3) is 0 Å². The molecule has 4 aromatic rings. The van der Waals surface area contributed by atoms with E-state index < -0.39 is 0 Å². The molecule has 1 unspecified atom stereocenters. The van der Waals surface area contributed by atoms with Gasteiger partial charge >= 0.3 is 0 Å². The summed E-state index contributed by atoms with van der Waals surface area (Å²) < 4.78 is 1.95. The summed E-state index contributed by atoms with van der Waals surface area (Å²) in [6.07, 6.45) is 6.65. The number of amides is 1. The first kappa shape index (κ1) is 16.0. The molecule has 1 amide bonds. The van der Waals surface area contributed by atoms with Crippen LogP contribution in [0.4, 0.5) is 5.82 Å². The van der Waals surface area contributed by atoms with Gasteiger partial charge in [0.1, 0.15) is 5.65 Å². The minimum absolute atomic E-state index is 0.0608. The van der Waals surface area contributed by atoms with Crippen molar-refractivity contribution in [2.75, 3.05) is 5.32 Å². The minimum Gasteiger partial charge on any atom is -0.309 e. The molecule has 3 heterocycles. The summed E-state index contributed by atoms with van der Waals surface area (Å²) in [5.74, 6) is 0.748. The van der Waals surface area contributed by atoms with Crippen LogP contribution < -0.4 is 5.32 Å². The number of pyridine rings is 2. The van der Waals surface area contributed by atoms with Crippen LogP contribution in [0.25, 0.3) is 27.7 Å². The van der Waals surface area contributed by atoms with Gasteiger partial charge in [0.05, 0.1) is 11.7 Å². The summed E-state index contributed by atoms with van der Waals surface area (Å²) in [5.41, 5.74) is 4.12. The maximum absolute atomic E-state index is 12.3. The second-order valence-electron chi connectivity index (χ2n) is 7.95. The lowest BCUT2D eigenvalue weighted by molar-refractivity contribution is -0.118. The number of hydrogen-bond donors (Lipinski definition) is 1. The van der Waals surface area contributed by atoms with E-state index in [9.17, 15) is 4.79 Å². The molecule has 1 atom stereocenters. The van der Waals surface area contributed by atoms with Crippen LogP contribution in [0.5, 0.6) is 0 Å². The number of rotatable bonds is 3. The summed E-state index contributed by atoms with van der Waals surface area (Å²) in [7, 11) is 0. The highest BCUT2D eigenvalue weighted by Crippen LogP contribution is 2.51. The molecule has 5 rings (SSSR count). The molecule has 0 radical (unpaired) electrons. The Morgan fingerprint density at radius 3 is 2.78 bits per heavy atom. The molecule has 3 aromatic heterocycles. The number of hydrogen-bond acceptors (Lipinski definition) is 3. The fourth-order valence-electron chi connectivity index (χ4n) is 3.61. The lowest BCUT2D eigenvalue weighted by atomic mass is 10.1. The number of nitrogens with zero attached hydrogens (tertiary/aromatic N) is 3. The summed E-state index contributed by atoms with van der Waals surface area (Å²) in [6.45, 7) is 4.23. The van der Waals surface area contributed by atoms with E-state index in [1.54, 1.807) is 6.20 Å². The molecular weight excluding hydrogens is 336 g/mol. The Kier molecular flexibility index (Phi) is 3.34. The SMILES string of the molecule is CC1(C)CC1C(=O)Nc1cn2cc(-c3ccc4ncccc4c3)ccc2n1. The highest BCUT2D eigenvalue weighted by molar-refractivity contribution is 5.94. The predicted molar refractivity (Wildman–Crippen MR) is 106 cm³/mol. The molecule has 0 saturated heterocycles. The molecule has 5 nitrogen and oxygen atoms in total. The molecule has 1 saturated carbocycles. The van der Waals surface area contributed by atoms with Crippen LogP contribution >= 0.6 is 0 Å². The Morgan fingerprint density at radius 2 is 1.96 bits per heavy atom. The average Bonchev–Trinajstić information content (AvgIpc) is 3.12. The third-order valence-electron chi connectivity index (χ3n) is 5.47. The van der Waals surface area contributed by atoms with Crippen LogP contribution in [-0.4, -0.2) is 20.3 Å². The molecule has 0 aliphatic heterocycles. The highest BCUT2D eigenvalue weighted by atomic mass is 16.2. The molecule has 0 bridgehead atoms. The van der Waals surface area contributed by atoms with Gasteiger partial charge in [-0.1, -0.05) is 26.0 Å². The topological polar surface area (TPSA) is 59.3 Å². The number of anilines is 1. The van der Waals surface area contributed by atoms with Crippen molar-refractivity contribution in [1.29, 1.82) is 0 Å². The standard InChI is InChI=1S/C22H20N4O/c1-22(2)11-17(22)21(27)25-19-13-26-12-16(6-8-20(26)24-19)14-5-7-18-15(10-14)4-3-9-23-18/h3-10,12-13,17H,11H2,1-2H3,(H,25,27). The van der Waals surface area contributed by atoms with Crippen molar-refractivity contribution in [2.24, 2.45) is 11.3 Å². The Bertz CT molecular complexity index is 1190. The summed E-state index contributed by atoms with van der Waals surface area (Å²) in [4.78, 5) is 21.2. The zero-order valence-electron chi connectivity index (χ0n) is 15.3. The van der Waals surface area contributed by atoms with E-state index >= 15 is 0 Å². The van der Waals surface area contributed by atoms with Crippen LogP contribution in [0, 0.1) is 11.3 Å². The smallest absolute Gasteiger partial charge is 0.229 e. The molecule has 1 aromatic carbocycles. The van der Waals surface area contributed by atoms with E-state index in [1.807, 2.05) is 35.0 Å². The number of carbonyl (C=O) groups is 1. The first-order chi connectivity index (χ1) is 13.0. The molecule has 1 aliphatic carbocycles. The maximum atomic E-state index is 12.3. The highest BCUT2D eigenvalue weighted by Gasteiger charge is 2.50. The van der Waals surface area contributed by atoms with E-state index in [-0.39, 0.29) is 17.2 Å². The van der Waals surface area contributed by atoms with Crippen molar-refractivity contribution in [1.82, 2.24) is 14.4 Å². The molecular formula is C22H20N4O. The zero-order valence-corrected chi connectivity index (χ0v) is 15.3. The number of benzene rings is 1. The van der Waals surface area contributed by atoms with E-state index in [2.05, 4.69) is 53.4 Å². The average molecular weight is 356 g/mol. The molecule has 134 valence electrons. The van der Waals surface area contributed by atoms with E-state index in [1.165, 1.54) is 0 Å². The van der Waals surface area contributed by atoms with Crippen molar-refractivity contribution in [3.05, 3.63) is 61.1 Å². The van der Waals surface area contributed by atoms with Gasteiger partial charge in [0, 0.05) is 23.7 Å². The summed E-state index contributed by atoms with van der Waals surface area (Å²) >= 11 is 0. The zero-order chi connectivity index (χ0) is 18.6. The second kappa shape index (κ2) is 5.64. The monoisotopic (exact) mass is 356 g/mol. The molecule has 1 N–H and O–H groups in total. The first-order valence-corrected chi connectivity index (χ1v) is 9.14. The van der Waals surface area contributed by atoms with E-state index in [0.717, 1.165) is 34.1 Å². The Morgan fingerprint density at radius 1 is 1.15 bits per heavy atom. The van der Waals surface area contributed by atoms with Crippen LogP contribution in [0.15, 0.2) is 61.1 Å². The van der Waals surface area contributed by atoms with Gasteiger partial charge in [-0.25, -0.2) is 4.98 Å². The van der Waals surface area contributed by atoms with Crippen molar-refractivity contribution in [2.45, 2.75) is 20.3 Å². The van der Waals surface area contributed by atoms with Gasteiger partial charge in [-0.3, -0.25) is 9.78 Å². The summed E-state index contributed by atoms with van der Waals surface area (Å²) in [6, 6.07) is 14.3. The number of fused-ring (bicyclic) bond motifs is 2. The van der Waals surface area contributed by atoms with E-state index in [0.29, 0.717) is 5.82 Å². The van der Waals surface area contributed by atoms with E-state index in [4.69, 9.17) is 0 Å². The molecule has 27 heavy (non-hydrogen) atoms. The third kappa shape index (κ3) is 2.85. The fraction of sp³-hybridized carbons (Fsp3) is 0.227. The molecule has 5 heteroatoms. The number of aromatic nitrogens is 3. The van der Waals surface area contributed by atoms with Crippen molar-refractivity contribution >= 4 is 28.3 Å². The molecule has 0 spiro atoms. The van der Waals surface area contributed by atoms with Crippen LogP contribution in [-0.2, 0) is 4.79 Å². The maximum Gasteiger partial charge on any atom is 0.229 e. The van der Waals surface area contributed by atoms with Crippen molar-refractivity contribution < 1.29 is 4.79 Å². The number of nitrogens with one attached hydrogen (secondary N) is 1. The molecule has 1 fully saturated rings. The van der Waals surface area contributed by atoms with Crippen molar-refractivity contribution in [3.63, 3.8) is 0 Å². The van der Waals surface area contributed by atoms with Gasteiger partial charge in [0.15, 0.2) is 5.82 Å². The Hall–Kier alpha value is -3.21. The number of carbonyl (C=O) groups excluding carboxylic acids is 1. The normalized spacial score (nSPS) is 17.9. The summed E-state index contributed by atoms with van der Waals surface area (Å²) in [5, 5.41) is 4.06.